The molecule has 156 valence electrons. The van der Waals surface area contributed by atoms with Gasteiger partial charge in [0.2, 0.25) is 0 Å². The topological polar surface area (TPSA) is 67.9 Å². The first-order valence-corrected chi connectivity index (χ1v) is 10.8. The van der Waals surface area contributed by atoms with Crippen molar-refractivity contribution in [1.82, 2.24) is 4.90 Å². The molecule has 8 heteroatoms. The summed E-state index contributed by atoms with van der Waals surface area (Å²) in [5, 5.41) is 3.97. The van der Waals surface area contributed by atoms with Crippen LogP contribution in [0.5, 0.6) is 5.75 Å². The molecule has 1 aromatic carbocycles. The number of fused-ring (bicyclic) bond motifs is 1. The summed E-state index contributed by atoms with van der Waals surface area (Å²) in [5.41, 5.74) is 1.47. The highest BCUT2D eigenvalue weighted by atomic mass is 35.5. The van der Waals surface area contributed by atoms with Crippen LogP contribution in [0.3, 0.4) is 0 Å². The van der Waals surface area contributed by atoms with E-state index in [4.69, 9.17) is 21.1 Å². The van der Waals surface area contributed by atoms with E-state index in [2.05, 4.69) is 24.1 Å². The van der Waals surface area contributed by atoms with Crippen LogP contribution in [0.15, 0.2) is 24.3 Å². The minimum absolute atomic E-state index is 0.162. The Bertz CT molecular complexity index is 880. The Balaban J connectivity index is 1.75. The Morgan fingerprint density at radius 3 is 2.66 bits per heavy atom. The smallest absolute Gasteiger partial charge is 0.341 e. The van der Waals surface area contributed by atoms with Crippen LogP contribution in [0.4, 0.5) is 5.00 Å². The molecule has 6 nitrogen and oxygen atoms in total. The number of carbonyl (C=O) groups is 2. The minimum atomic E-state index is -0.392. The molecular formula is C21H25ClN2O4S. The van der Waals surface area contributed by atoms with E-state index in [0.717, 1.165) is 30.0 Å². The predicted molar refractivity (Wildman–Crippen MR) is 115 cm³/mol. The predicted octanol–water partition coefficient (Wildman–Crippen LogP) is 4.36. The van der Waals surface area contributed by atoms with E-state index in [1.165, 1.54) is 11.3 Å². The lowest BCUT2D eigenvalue weighted by Crippen LogP contribution is -2.35. The normalized spacial score (nSPS) is 13.8. The van der Waals surface area contributed by atoms with E-state index in [1.54, 1.807) is 31.2 Å². The van der Waals surface area contributed by atoms with Crippen LogP contribution in [0.2, 0.25) is 5.02 Å². The number of carbonyl (C=O) groups excluding carboxylic acids is 2. The number of esters is 1. The third-order valence-corrected chi connectivity index (χ3v) is 6.12. The van der Waals surface area contributed by atoms with Gasteiger partial charge in [-0.05, 0) is 57.0 Å². The zero-order valence-electron chi connectivity index (χ0n) is 16.8. The number of hydrogen-bond donors (Lipinski definition) is 1. The fourth-order valence-electron chi connectivity index (χ4n) is 3.21. The molecule has 0 radical (unpaired) electrons. The van der Waals surface area contributed by atoms with Gasteiger partial charge in [-0.1, -0.05) is 11.6 Å². The number of thiophene rings is 1. The molecule has 0 saturated carbocycles. The number of amides is 1. The molecule has 1 amide bonds. The van der Waals surface area contributed by atoms with Crippen LogP contribution < -0.4 is 10.1 Å². The van der Waals surface area contributed by atoms with Crippen molar-refractivity contribution < 1.29 is 19.1 Å². The number of halogens is 1. The molecule has 0 aliphatic carbocycles. The van der Waals surface area contributed by atoms with Crippen molar-refractivity contribution in [1.29, 1.82) is 0 Å². The molecule has 1 N–H and O–H groups in total. The highest BCUT2D eigenvalue weighted by Crippen LogP contribution is 2.38. The van der Waals surface area contributed by atoms with Crippen LogP contribution in [0.1, 0.15) is 41.6 Å². The number of anilines is 1. The van der Waals surface area contributed by atoms with Gasteiger partial charge in [0.05, 0.1) is 12.2 Å². The van der Waals surface area contributed by atoms with Gasteiger partial charge in [0, 0.05) is 29.0 Å². The summed E-state index contributed by atoms with van der Waals surface area (Å²) >= 11 is 7.29. The monoisotopic (exact) mass is 436 g/mol. The maximum Gasteiger partial charge on any atom is 0.341 e. The third-order valence-electron chi connectivity index (χ3n) is 4.73. The second-order valence-corrected chi connectivity index (χ2v) is 8.57. The first-order valence-electron chi connectivity index (χ1n) is 9.63. The average molecular weight is 437 g/mol. The van der Waals surface area contributed by atoms with Crippen LogP contribution in [-0.4, -0.2) is 42.6 Å². The summed E-state index contributed by atoms with van der Waals surface area (Å²) < 4.78 is 10.8. The molecular weight excluding hydrogens is 412 g/mol. The molecule has 1 aliphatic rings. The van der Waals surface area contributed by atoms with Crippen molar-refractivity contribution in [2.24, 2.45) is 0 Å². The molecule has 1 aromatic heterocycles. The van der Waals surface area contributed by atoms with E-state index in [9.17, 15) is 9.59 Å². The maximum atomic E-state index is 12.6. The second kappa shape index (κ2) is 9.61. The van der Waals surface area contributed by atoms with E-state index in [1.807, 2.05) is 0 Å². The van der Waals surface area contributed by atoms with E-state index in [-0.39, 0.29) is 19.1 Å². The molecule has 1 aliphatic heterocycles. The van der Waals surface area contributed by atoms with Gasteiger partial charge in [0.1, 0.15) is 10.8 Å². The van der Waals surface area contributed by atoms with Gasteiger partial charge < -0.3 is 14.8 Å². The Morgan fingerprint density at radius 1 is 1.28 bits per heavy atom. The number of rotatable bonds is 7. The quantitative estimate of drug-likeness (QED) is 0.653. The van der Waals surface area contributed by atoms with Crippen molar-refractivity contribution in [2.75, 3.05) is 25.1 Å². The standard InChI is InChI=1S/C21H25ClN2O4S/c1-4-27-21(26)19-16-9-10-24(13(2)3)11-17(16)29-20(19)23-18(25)12-28-15-7-5-14(22)6-8-15/h5-8,13H,4,9-12H2,1-3H3,(H,23,25). The van der Waals surface area contributed by atoms with Crippen LogP contribution >= 0.6 is 22.9 Å². The zero-order valence-corrected chi connectivity index (χ0v) is 18.4. The molecule has 29 heavy (non-hydrogen) atoms. The van der Waals surface area contributed by atoms with Crippen LogP contribution in [0.25, 0.3) is 0 Å². The van der Waals surface area contributed by atoms with Crippen molar-refractivity contribution in [2.45, 2.75) is 39.8 Å². The molecule has 2 aromatic rings. The molecule has 2 heterocycles. The summed E-state index contributed by atoms with van der Waals surface area (Å²) in [6, 6.07) is 7.21. The maximum absolute atomic E-state index is 12.6. The summed E-state index contributed by atoms with van der Waals surface area (Å²) in [4.78, 5) is 28.5. The summed E-state index contributed by atoms with van der Waals surface area (Å²) in [5.74, 6) is -0.171. The number of benzene rings is 1. The van der Waals surface area contributed by atoms with E-state index in [0.29, 0.717) is 27.4 Å². The lowest BCUT2D eigenvalue weighted by atomic mass is 10.0. The van der Waals surface area contributed by atoms with E-state index < -0.39 is 5.97 Å². The number of nitrogens with zero attached hydrogens (tertiary/aromatic N) is 1. The highest BCUT2D eigenvalue weighted by Gasteiger charge is 2.30. The van der Waals surface area contributed by atoms with E-state index >= 15 is 0 Å². The van der Waals surface area contributed by atoms with Crippen molar-refractivity contribution in [3.05, 3.63) is 45.3 Å². The molecule has 0 bridgehead atoms. The Labute approximate surface area is 179 Å². The fourth-order valence-corrected chi connectivity index (χ4v) is 4.62. The van der Waals surface area contributed by atoms with Crippen molar-refractivity contribution in [3.63, 3.8) is 0 Å². The van der Waals surface area contributed by atoms with Gasteiger partial charge in [-0.3, -0.25) is 9.69 Å². The molecule has 0 unspecified atom stereocenters. The van der Waals surface area contributed by atoms with Gasteiger partial charge in [-0.25, -0.2) is 4.79 Å². The number of nitrogens with one attached hydrogen (secondary N) is 1. The number of ether oxygens (including phenoxy) is 2. The highest BCUT2D eigenvalue weighted by molar-refractivity contribution is 7.17. The molecule has 0 fully saturated rings. The molecule has 0 spiro atoms. The second-order valence-electron chi connectivity index (χ2n) is 7.03. The summed E-state index contributed by atoms with van der Waals surface area (Å²) in [6.07, 6.45) is 0.759. The lowest BCUT2D eigenvalue weighted by molar-refractivity contribution is -0.118. The minimum Gasteiger partial charge on any atom is -0.484 e. The average Bonchev–Trinajstić information content (AvgIpc) is 3.04. The zero-order chi connectivity index (χ0) is 21.0. The molecule has 3 rings (SSSR count). The first-order chi connectivity index (χ1) is 13.9. The summed E-state index contributed by atoms with van der Waals surface area (Å²) in [7, 11) is 0. The van der Waals surface area contributed by atoms with Crippen molar-refractivity contribution >= 4 is 39.8 Å². The van der Waals surface area contributed by atoms with Crippen molar-refractivity contribution in [3.8, 4) is 5.75 Å². The molecule has 0 saturated heterocycles. The SMILES string of the molecule is CCOC(=O)c1c(NC(=O)COc2ccc(Cl)cc2)sc2c1CCN(C(C)C)C2. The van der Waals surface area contributed by atoms with Crippen LogP contribution in [-0.2, 0) is 22.5 Å². The molecule has 0 atom stereocenters. The Hall–Kier alpha value is -2.09. The largest absolute Gasteiger partial charge is 0.484 e. The van der Waals surface area contributed by atoms with Crippen LogP contribution in [0, 0.1) is 0 Å². The lowest BCUT2D eigenvalue weighted by Gasteiger charge is -2.30. The van der Waals surface area contributed by atoms with Gasteiger partial charge >= 0.3 is 5.97 Å². The Morgan fingerprint density at radius 2 is 2.00 bits per heavy atom. The van der Waals surface area contributed by atoms with Gasteiger partial charge in [0.15, 0.2) is 6.61 Å². The first kappa shape index (κ1) is 21.6. The third kappa shape index (κ3) is 5.29. The Kier molecular flexibility index (Phi) is 7.16. The summed E-state index contributed by atoms with van der Waals surface area (Å²) in [6.45, 7) is 7.85. The van der Waals surface area contributed by atoms with Gasteiger partial charge in [-0.15, -0.1) is 11.3 Å². The fraction of sp³-hybridized carbons (Fsp3) is 0.429. The number of hydrogen-bond acceptors (Lipinski definition) is 6. The van der Waals surface area contributed by atoms with Gasteiger partial charge in [-0.2, -0.15) is 0 Å². The van der Waals surface area contributed by atoms with Gasteiger partial charge in [0.25, 0.3) is 5.91 Å².